The van der Waals surface area contributed by atoms with Crippen LogP contribution in [0.25, 0.3) is 27.9 Å². The Morgan fingerprint density at radius 1 is 1.14 bits per heavy atom. The highest BCUT2D eigenvalue weighted by molar-refractivity contribution is 5.83. The molecule has 0 radical (unpaired) electrons. The number of fused-ring (bicyclic) bond motifs is 2. The van der Waals surface area contributed by atoms with Gasteiger partial charge in [0.05, 0.1) is 23.3 Å². The molecule has 1 N–H and O–H groups in total. The maximum Gasteiger partial charge on any atom is 0.407 e. The Labute approximate surface area is 206 Å². The molecule has 5 rings (SSSR count). The molecule has 1 aliphatic heterocycles. The molecule has 0 bridgehead atoms. The topological polar surface area (TPSA) is 113 Å². The van der Waals surface area contributed by atoms with E-state index in [0.29, 0.717) is 35.7 Å². The zero-order valence-corrected chi connectivity index (χ0v) is 20.1. The van der Waals surface area contributed by atoms with Gasteiger partial charge in [-0.3, -0.25) is 9.69 Å². The van der Waals surface area contributed by atoms with Crippen molar-refractivity contribution < 1.29 is 23.8 Å². The van der Waals surface area contributed by atoms with E-state index in [0.717, 1.165) is 11.1 Å². The van der Waals surface area contributed by atoms with Crippen LogP contribution in [-0.4, -0.2) is 66.6 Å². The van der Waals surface area contributed by atoms with Crippen molar-refractivity contribution in [1.29, 1.82) is 0 Å². The van der Waals surface area contributed by atoms with Gasteiger partial charge in [-0.15, -0.1) is 0 Å². The zero-order valence-electron chi connectivity index (χ0n) is 20.1. The third-order valence-corrected chi connectivity index (χ3v) is 6.31. The number of carbonyl (C=O) groups is 2. The number of amides is 1. The number of esters is 1. The Bertz CT molecular complexity index is 1480. The maximum atomic E-state index is 14.8. The van der Waals surface area contributed by atoms with Crippen molar-refractivity contribution in [3.63, 3.8) is 0 Å². The average Bonchev–Trinajstić information content (AvgIpc) is 3.25. The highest BCUT2D eigenvalue weighted by atomic mass is 19.1. The van der Waals surface area contributed by atoms with Crippen molar-refractivity contribution >= 4 is 34.3 Å². The smallest absolute Gasteiger partial charge is 0.407 e. The molecule has 0 unspecified atom stereocenters. The van der Waals surface area contributed by atoms with Crippen LogP contribution in [0.15, 0.2) is 42.9 Å². The number of nitrogens with zero attached hydrogens (tertiary/aromatic N) is 6. The molecule has 3 aromatic heterocycles. The third kappa shape index (κ3) is 4.39. The Morgan fingerprint density at radius 2 is 1.89 bits per heavy atom. The number of aromatic nitrogens is 4. The van der Waals surface area contributed by atoms with Crippen LogP contribution < -0.4 is 4.90 Å². The summed E-state index contributed by atoms with van der Waals surface area (Å²) in [6.45, 7) is 6.25. The molecule has 11 heteroatoms. The van der Waals surface area contributed by atoms with Crippen LogP contribution in [0.2, 0.25) is 0 Å². The lowest BCUT2D eigenvalue weighted by molar-refractivity contribution is -0.142. The van der Waals surface area contributed by atoms with Crippen LogP contribution in [0.3, 0.4) is 0 Å². The molecule has 10 nitrogen and oxygen atoms in total. The van der Waals surface area contributed by atoms with Gasteiger partial charge in [-0.25, -0.2) is 24.1 Å². The summed E-state index contributed by atoms with van der Waals surface area (Å²) in [5.74, 6) is -0.611. The van der Waals surface area contributed by atoms with E-state index in [-0.39, 0.29) is 24.3 Å². The lowest BCUT2D eigenvalue weighted by Crippen LogP contribution is -2.58. The van der Waals surface area contributed by atoms with Gasteiger partial charge in [0.1, 0.15) is 6.61 Å². The first kappa shape index (κ1) is 23.5. The number of imidazole rings is 1. The Hall–Kier alpha value is -4.28. The standard InChI is InChI=1S/C25H25FN6O4/c1-14-9-30(10-15(2)32(14)25(34)35)20-4-5-22-17(6-20)8-27-23(29-22)18-7-21(26)24-28-19(12-31(24)11-18)13-36-16(3)33/h4-8,11-12,14-15H,9-10,13H2,1-3H3,(H,34,35)/t14-,15+. The summed E-state index contributed by atoms with van der Waals surface area (Å²) >= 11 is 0. The van der Waals surface area contributed by atoms with Crippen LogP contribution in [0.4, 0.5) is 14.9 Å². The van der Waals surface area contributed by atoms with Crippen LogP contribution >= 0.6 is 0 Å². The van der Waals surface area contributed by atoms with Crippen molar-refractivity contribution in [1.82, 2.24) is 24.3 Å². The van der Waals surface area contributed by atoms with Crippen molar-refractivity contribution in [2.45, 2.75) is 39.5 Å². The van der Waals surface area contributed by atoms with E-state index >= 15 is 0 Å². The highest BCUT2D eigenvalue weighted by Gasteiger charge is 2.32. The molecule has 186 valence electrons. The number of carbonyl (C=O) groups excluding carboxylic acids is 1. The fraction of sp³-hybridized carbons (Fsp3) is 0.320. The molecule has 1 aliphatic rings. The fourth-order valence-corrected chi connectivity index (χ4v) is 4.74. The summed E-state index contributed by atoms with van der Waals surface area (Å²) in [7, 11) is 0. The van der Waals surface area contributed by atoms with Gasteiger partial charge in [-0.2, -0.15) is 0 Å². The van der Waals surface area contributed by atoms with Crippen molar-refractivity contribution in [2.24, 2.45) is 0 Å². The molecule has 4 heterocycles. The largest absolute Gasteiger partial charge is 0.465 e. The van der Waals surface area contributed by atoms with Crippen molar-refractivity contribution in [2.75, 3.05) is 18.0 Å². The highest BCUT2D eigenvalue weighted by Crippen LogP contribution is 2.27. The molecule has 36 heavy (non-hydrogen) atoms. The van der Waals surface area contributed by atoms with E-state index < -0.39 is 17.9 Å². The summed E-state index contributed by atoms with van der Waals surface area (Å²) in [5, 5.41) is 10.3. The van der Waals surface area contributed by atoms with Crippen LogP contribution in [0, 0.1) is 5.82 Å². The number of halogens is 1. The number of hydrogen-bond donors (Lipinski definition) is 1. The zero-order chi connectivity index (χ0) is 25.6. The Balaban J connectivity index is 1.42. The first-order chi connectivity index (χ1) is 17.2. The van der Waals surface area contributed by atoms with Gasteiger partial charge in [0.2, 0.25) is 0 Å². The second kappa shape index (κ2) is 9.06. The van der Waals surface area contributed by atoms with E-state index in [1.54, 1.807) is 18.6 Å². The SMILES string of the molecule is CC(=O)OCc1cn2cc(-c3ncc4cc(N5C[C@@H](C)N(C(=O)O)[C@@H](C)C5)ccc4n3)cc(F)c2n1. The minimum atomic E-state index is -0.903. The summed E-state index contributed by atoms with van der Waals surface area (Å²) in [6, 6.07) is 6.88. The van der Waals surface area contributed by atoms with Gasteiger partial charge < -0.3 is 19.1 Å². The third-order valence-electron chi connectivity index (χ3n) is 6.31. The van der Waals surface area contributed by atoms with E-state index in [9.17, 15) is 19.1 Å². The monoisotopic (exact) mass is 492 g/mol. The summed E-state index contributed by atoms with van der Waals surface area (Å²) < 4.78 is 21.2. The molecular weight excluding hydrogens is 467 g/mol. The quantitative estimate of drug-likeness (QED) is 0.429. The Kier molecular flexibility index (Phi) is 5.91. The number of piperazine rings is 1. The molecule has 1 aromatic carbocycles. The number of ether oxygens (including phenoxy) is 1. The summed E-state index contributed by atoms with van der Waals surface area (Å²) in [5.41, 5.74) is 2.71. The molecule has 2 atom stereocenters. The van der Waals surface area contributed by atoms with E-state index in [1.165, 1.54) is 22.3 Å². The molecule has 0 saturated carbocycles. The number of anilines is 1. The second-order valence-corrected chi connectivity index (χ2v) is 9.05. The normalized spacial score (nSPS) is 18.1. The van der Waals surface area contributed by atoms with Crippen molar-refractivity contribution in [3.8, 4) is 11.4 Å². The average molecular weight is 493 g/mol. The predicted molar refractivity (Wildman–Crippen MR) is 130 cm³/mol. The number of rotatable bonds is 4. The Morgan fingerprint density at radius 3 is 2.58 bits per heavy atom. The lowest BCUT2D eigenvalue weighted by Gasteiger charge is -2.43. The first-order valence-corrected chi connectivity index (χ1v) is 11.5. The lowest BCUT2D eigenvalue weighted by atomic mass is 10.1. The number of hydrogen-bond acceptors (Lipinski definition) is 7. The number of carboxylic acid groups (broad SMARTS) is 1. The molecule has 4 aromatic rings. The van der Waals surface area contributed by atoms with E-state index in [4.69, 9.17) is 4.74 Å². The van der Waals surface area contributed by atoms with Crippen LogP contribution in [0.1, 0.15) is 26.5 Å². The second-order valence-electron chi connectivity index (χ2n) is 9.05. The summed E-state index contributed by atoms with van der Waals surface area (Å²) in [4.78, 5) is 39.5. The fourth-order valence-electron chi connectivity index (χ4n) is 4.74. The molecule has 0 spiro atoms. The van der Waals surface area contributed by atoms with Gasteiger partial charge in [0.15, 0.2) is 17.3 Å². The van der Waals surface area contributed by atoms with Crippen LogP contribution in [0.5, 0.6) is 0 Å². The number of pyridine rings is 1. The van der Waals surface area contributed by atoms with Gasteiger partial charge in [0, 0.05) is 55.2 Å². The first-order valence-electron chi connectivity index (χ1n) is 11.5. The maximum absolute atomic E-state index is 14.8. The molecule has 1 amide bonds. The van der Waals surface area contributed by atoms with Gasteiger partial charge in [0.25, 0.3) is 0 Å². The number of benzene rings is 1. The predicted octanol–water partition coefficient (Wildman–Crippen LogP) is 3.72. The molecule has 1 fully saturated rings. The molecule has 0 aliphatic carbocycles. The van der Waals surface area contributed by atoms with Crippen molar-refractivity contribution in [3.05, 3.63) is 54.4 Å². The van der Waals surface area contributed by atoms with Gasteiger partial charge in [-0.05, 0) is 38.1 Å². The van der Waals surface area contributed by atoms with Crippen LogP contribution in [-0.2, 0) is 16.1 Å². The minimum Gasteiger partial charge on any atom is -0.465 e. The van der Waals surface area contributed by atoms with E-state index in [2.05, 4.69) is 19.9 Å². The van der Waals surface area contributed by atoms with E-state index in [1.807, 2.05) is 32.0 Å². The molecule has 1 saturated heterocycles. The summed E-state index contributed by atoms with van der Waals surface area (Å²) in [6.07, 6.45) is 4.08. The minimum absolute atomic E-state index is 0.0382. The molecular formula is C25H25FN6O4. The van der Waals surface area contributed by atoms with Gasteiger partial charge >= 0.3 is 12.1 Å². The van der Waals surface area contributed by atoms with Gasteiger partial charge in [-0.1, -0.05) is 0 Å².